The number of thioether (sulfide) groups is 1. The molecule has 6 heteroatoms. The summed E-state index contributed by atoms with van der Waals surface area (Å²) in [4.78, 5) is 30.7. The third kappa shape index (κ3) is 5.01. The van der Waals surface area contributed by atoms with E-state index in [0.717, 1.165) is 11.3 Å². The fourth-order valence-corrected chi connectivity index (χ4v) is 3.93. The first kappa shape index (κ1) is 20.1. The van der Waals surface area contributed by atoms with Crippen LogP contribution >= 0.6 is 11.8 Å². The summed E-state index contributed by atoms with van der Waals surface area (Å²) < 4.78 is 5.63. The Morgan fingerprint density at radius 2 is 1.96 bits per heavy atom. The van der Waals surface area contributed by atoms with E-state index in [2.05, 4.69) is 11.9 Å². The second-order valence-corrected chi connectivity index (χ2v) is 8.16. The van der Waals surface area contributed by atoms with Crippen LogP contribution in [-0.4, -0.2) is 40.2 Å². The number of aryl methyl sites for hydroxylation is 1. The molecule has 0 spiro atoms. The highest BCUT2D eigenvalue weighted by Gasteiger charge is 2.31. The van der Waals surface area contributed by atoms with E-state index in [0.29, 0.717) is 29.4 Å². The summed E-state index contributed by atoms with van der Waals surface area (Å²) in [6.07, 6.45) is 0.465. The number of amides is 1. The summed E-state index contributed by atoms with van der Waals surface area (Å²) >= 11 is 1.59. The van der Waals surface area contributed by atoms with Gasteiger partial charge in [-0.05, 0) is 48.9 Å². The number of Topliss-reactive ketones (excluding diaryl/α,β-unsaturated/α-hetero) is 1. The number of nitrogens with zero attached hydrogens (tertiary/aromatic N) is 2. The summed E-state index contributed by atoms with van der Waals surface area (Å²) in [5.41, 5.74) is 2.62. The van der Waals surface area contributed by atoms with Gasteiger partial charge in [-0.3, -0.25) is 14.5 Å². The van der Waals surface area contributed by atoms with Crippen molar-refractivity contribution >= 4 is 34.3 Å². The number of rotatable bonds is 6. The van der Waals surface area contributed by atoms with Gasteiger partial charge in [0, 0.05) is 23.8 Å². The van der Waals surface area contributed by atoms with E-state index in [1.807, 2.05) is 38.1 Å². The predicted molar refractivity (Wildman–Crippen MR) is 114 cm³/mol. The molecule has 0 radical (unpaired) electrons. The number of benzene rings is 2. The summed E-state index contributed by atoms with van der Waals surface area (Å²) in [6.45, 7) is 6.47. The van der Waals surface area contributed by atoms with Crippen LogP contribution < -0.4 is 4.74 Å². The molecule has 1 fully saturated rings. The minimum Gasteiger partial charge on any atom is -0.484 e. The Labute approximate surface area is 169 Å². The average Bonchev–Trinajstić information content (AvgIpc) is 3.06. The van der Waals surface area contributed by atoms with Crippen LogP contribution in [0.4, 0.5) is 5.69 Å². The van der Waals surface area contributed by atoms with Gasteiger partial charge in [0.15, 0.2) is 17.6 Å². The second-order valence-electron chi connectivity index (χ2n) is 6.76. The van der Waals surface area contributed by atoms with Gasteiger partial charge in [0.2, 0.25) is 0 Å². The van der Waals surface area contributed by atoms with E-state index in [1.54, 1.807) is 40.9 Å². The largest absolute Gasteiger partial charge is 0.484 e. The van der Waals surface area contributed by atoms with Crippen molar-refractivity contribution in [1.82, 2.24) is 4.90 Å². The lowest BCUT2D eigenvalue weighted by Gasteiger charge is -2.16. The van der Waals surface area contributed by atoms with E-state index in [9.17, 15) is 9.59 Å². The first-order valence-electron chi connectivity index (χ1n) is 9.34. The number of hydrogen-bond donors (Lipinski definition) is 0. The van der Waals surface area contributed by atoms with E-state index in [-0.39, 0.29) is 23.5 Å². The average molecular weight is 397 g/mol. The first-order chi connectivity index (χ1) is 13.5. The topological polar surface area (TPSA) is 59.0 Å². The highest BCUT2D eigenvalue weighted by Crippen LogP contribution is 2.28. The van der Waals surface area contributed by atoms with Crippen LogP contribution in [0.1, 0.15) is 36.2 Å². The maximum absolute atomic E-state index is 12.7. The number of ether oxygens (including phenoxy) is 1. The monoisotopic (exact) mass is 396 g/mol. The third-order valence-electron chi connectivity index (χ3n) is 4.36. The van der Waals surface area contributed by atoms with Gasteiger partial charge >= 0.3 is 0 Å². The quantitative estimate of drug-likeness (QED) is 0.669. The normalized spacial score (nSPS) is 17.8. The van der Waals surface area contributed by atoms with Gasteiger partial charge in [0.25, 0.3) is 5.91 Å². The van der Waals surface area contributed by atoms with Crippen molar-refractivity contribution in [3.63, 3.8) is 0 Å². The van der Waals surface area contributed by atoms with Crippen LogP contribution in [0.5, 0.6) is 5.75 Å². The summed E-state index contributed by atoms with van der Waals surface area (Å²) in [5.74, 6) is 0.526. The Morgan fingerprint density at radius 1 is 1.21 bits per heavy atom. The molecule has 1 saturated heterocycles. The van der Waals surface area contributed by atoms with Crippen molar-refractivity contribution in [2.45, 2.75) is 32.4 Å². The highest BCUT2D eigenvalue weighted by molar-refractivity contribution is 8.14. The van der Waals surface area contributed by atoms with Crippen molar-refractivity contribution in [1.29, 1.82) is 0 Å². The van der Waals surface area contributed by atoms with E-state index in [4.69, 9.17) is 4.74 Å². The van der Waals surface area contributed by atoms with Gasteiger partial charge in [0.1, 0.15) is 5.75 Å². The molecule has 1 aliphatic rings. The lowest BCUT2D eigenvalue weighted by atomic mass is 10.1. The van der Waals surface area contributed by atoms with Crippen molar-refractivity contribution in [3.05, 3.63) is 59.7 Å². The molecule has 0 aromatic heterocycles. The maximum atomic E-state index is 12.7. The van der Waals surface area contributed by atoms with E-state index in [1.165, 1.54) is 0 Å². The molecule has 5 nitrogen and oxygen atoms in total. The molecule has 0 aliphatic carbocycles. The molecule has 2 aromatic rings. The Bertz CT molecular complexity index is 893. The van der Waals surface area contributed by atoms with Crippen molar-refractivity contribution in [2.75, 3.05) is 13.2 Å². The minimum absolute atomic E-state index is 0.0683. The van der Waals surface area contributed by atoms with Gasteiger partial charge in [-0.1, -0.05) is 37.7 Å². The van der Waals surface area contributed by atoms with Crippen molar-refractivity contribution < 1.29 is 14.3 Å². The minimum atomic E-state index is -0.128. The SMILES string of the molecule is CCC(=O)c1ccc(OCC(=O)N2C[C@H](C)SC2=Nc2cccc(C)c2)cc1. The second kappa shape index (κ2) is 9.06. The number of carbonyl (C=O) groups is 2. The molecule has 2 aromatic carbocycles. The summed E-state index contributed by atoms with van der Waals surface area (Å²) in [7, 11) is 0. The lowest BCUT2D eigenvalue weighted by molar-refractivity contribution is -0.129. The van der Waals surface area contributed by atoms with Crippen molar-refractivity contribution in [2.24, 2.45) is 4.99 Å². The zero-order chi connectivity index (χ0) is 20.1. The van der Waals surface area contributed by atoms with Crippen molar-refractivity contribution in [3.8, 4) is 5.75 Å². The van der Waals surface area contributed by atoms with Crippen LogP contribution in [0.2, 0.25) is 0 Å². The van der Waals surface area contributed by atoms with Crippen LogP contribution in [0.15, 0.2) is 53.5 Å². The molecule has 0 unspecified atom stereocenters. The van der Waals surface area contributed by atoms with Gasteiger partial charge < -0.3 is 4.74 Å². The molecule has 28 heavy (non-hydrogen) atoms. The number of carbonyl (C=O) groups excluding carboxylic acids is 2. The fraction of sp³-hybridized carbons (Fsp3) is 0.318. The molecular formula is C22H24N2O3S. The molecule has 0 bridgehead atoms. The molecule has 0 N–H and O–H groups in total. The lowest BCUT2D eigenvalue weighted by Crippen LogP contribution is -2.36. The van der Waals surface area contributed by atoms with E-state index >= 15 is 0 Å². The third-order valence-corrected chi connectivity index (χ3v) is 5.44. The van der Waals surface area contributed by atoms with Crippen LogP contribution in [-0.2, 0) is 4.79 Å². The Balaban J connectivity index is 1.66. The van der Waals surface area contributed by atoms with E-state index < -0.39 is 0 Å². The van der Waals surface area contributed by atoms with Crippen LogP contribution in [0.25, 0.3) is 0 Å². The Kier molecular flexibility index (Phi) is 6.52. The molecule has 1 heterocycles. The van der Waals surface area contributed by atoms with Gasteiger partial charge in [-0.25, -0.2) is 4.99 Å². The number of hydrogen-bond acceptors (Lipinski definition) is 5. The maximum Gasteiger partial charge on any atom is 0.266 e. The Hall–Kier alpha value is -2.60. The summed E-state index contributed by atoms with van der Waals surface area (Å²) in [5, 5.41) is 0.988. The highest BCUT2D eigenvalue weighted by atomic mass is 32.2. The fourth-order valence-electron chi connectivity index (χ4n) is 2.88. The first-order valence-corrected chi connectivity index (χ1v) is 10.2. The zero-order valence-corrected chi connectivity index (χ0v) is 17.2. The standard InChI is InChI=1S/C22H24N2O3S/c1-4-20(25)17-8-10-19(11-9-17)27-14-21(26)24-13-16(3)28-22(24)23-18-7-5-6-15(2)12-18/h5-12,16H,4,13-14H2,1-3H3/t16-/m0/s1. The summed E-state index contributed by atoms with van der Waals surface area (Å²) in [6, 6.07) is 14.8. The smallest absolute Gasteiger partial charge is 0.266 e. The molecule has 1 aliphatic heterocycles. The van der Waals surface area contributed by atoms with Gasteiger partial charge in [0.05, 0.1) is 5.69 Å². The number of ketones is 1. The molecule has 1 amide bonds. The number of amidine groups is 1. The number of aliphatic imine (C=N–C) groups is 1. The predicted octanol–water partition coefficient (Wildman–Crippen LogP) is 4.62. The molecule has 1 atom stereocenters. The molecular weight excluding hydrogens is 372 g/mol. The molecule has 3 rings (SSSR count). The van der Waals surface area contributed by atoms with Gasteiger partial charge in [-0.15, -0.1) is 0 Å². The molecule has 0 saturated carbocycles. The zero-order valence-electron chi connectivity index (χ0n) is 16.3. The van der Waals surface area contributed by atoms with Gasteiger partial charge in [-0.2, -0.15) is 0 Å². The Morgan fingerprint density at radius 3 is 2.64 bits per heavy atom. The van der Waals surface area contributed by atoms with Crippen LogP contribution in [0.3, 0.4) is 0 Å². The molecule has 146 valence electrons. The van der Waals surface area contributed by atoms with Crippen LogP contribution in [0, 0.1) is 6.92 Å².